The molecule has 23 heavy (non-hydrogen) atoms. The molecule has 2 aromatic carbocycles. The summed E-state index contributed by atoms with van der Waals surface area (Å²) in [6.45, 7) is 1.80. The van der Waals surface area contributed by atoms with Gasteiger partial charge in [0.15, 0.2) is 0 Å². The number of halogens is 1. The lowest BCUT2D eigenvalue weighted by molar-refractivity contribution is 0.102. The molecule has 0 bridgehead atoms. The van der Waals surface area contributed by atoms with Gasteiger partial charge in [-0.15, -0.1) is 0 Å². The Kier molecular flexibility index (Phi) is 5.11. The third-order valence-corrected chi connectivity index (χ3v) is 5.08. The Balaban J connectivity index is 2.32. The maximum atomic E-state index is 12.4. The van der Waals surface area contributed by atoms with E-state index in [4.69, 9.17) is 0 Å². The van der Waals surface area contributed by atoms with E-state index in [1.807, 2.05) is 12.1 Å². The SMILES string of the molecule is Cc1ccc(C(=O)Nc2cccc(Br)c2)cc1N(C)S(C)(=O)=O. The number of carbonyl (C=O) groups excluding carboxylic acids is 1. The van der Waals surface area contributed by atoms with E-state index in [1.165, 1.54) is 7.05 Å². The highest BCUT2D eigenvalue weighted by Crippen LogP contribution is 2.23. The first-order valence-electron chi connectivity index (χ1n) is 6.80. The number of benzene rings is 2. The fourth-order valence-corrected chi connectivity index (χ4v) is 2.99. The molecular weight excluding hydrogens is 380 g/mol. The van der Waals surface area contributed by atoms with Crippen molar-refractivity contribution in [2.75, 3.05) is 22.9 Å². The minimum absolute atomic E-state index is 0.300. The Bertz CT molecular complexity index is 850. The van der Waals surface area contributed by atoms with Crippen molar-refractivity contribution < 1.29 is 13.2 Å². The normalized spacial score (nSPS) is 11.1. The van der Waals surface area contributed by atoms with Crippen LogP contribution >= 0.6 is 15.9 Å². The van der Waals surface area contributed by atoms with Crippen molar-refractivity contribution in [1.82, 2.24) is 0 Å². The van der Waals surface area contributed by atoms with Crippen LogP contribution < -0.4 is 9.62 Å². The molecule has 0 saturated heterocycles. The molecule has 1 N–H and O–H groups in total. The van der Waals surface area contributed by atoms with Gasteiger partial charge in [0, 0.05) is 22.8 Å². The molecule has 1 amide bonds. The number of amides is 1. The van der Waals surface area contributed by atoms with Gasteiger partial charge in [0.2, 0.25) is 10.0 Å². The van der Waals surface area contributed by atoms with Crippen LogP contribution in [0.15, 0.2) is 46.9 Å². The Morgan fingerprint density at radius 3 is 2.48 bits per heavy atom. The van der Waals surface area contributed by atoms with Crippen LogP contribution in [0.2, 0.25) is 0 Å². The first-order valence-corrected chi connectivity index (χ1v) is 9.44. The largest absolute Gasteiger partial charge is 0.322 e. The number of carbonyl (C=O) groups is 1. The fourth-order valence-electron chi connectivity index (χ4n) is 2.04. The van der Waals surface area contributed by atoms with E-state index in [-0.39, 0.29) is 5.91 Å². The molecule has 0 aliphatic heterocycles. The number of rotatable bonds is 4. The lowest BCUT2D eigenvalue weighted by Crippen LogP contribution is -2.26. The number of hydrogen-bond acceptors (Lipinski definition) is 3. The molecule has 122 valence electrons. The van der Waals surface area contributed by atoms with E-state index in [2.05, 4.69) is 21.2 Å². The molecule has 0 fully saturated rings. The standard InChI is InChI=1S/C16H17BrN2O3S/c1-11-7-8-12(9-15(11)19(2)23(3,21)22)16(20)18-14-6-4-5-13(17)10-14/h4-10H,1-3H3,(H,18,20). The maximum Gasteiger partial charge on any atom is 0.255 e. The maximum absolute atomic E-state index is 12.4. The van der Waals surface area contributed by atoms with Crippen LogP contribution in [0, 0.1) is 6.92 Å². The summed E-state index contributed by atoms with van der Waals surface area (Å²) >= 11 is 3.35. The number of sulfonamides is 1. The summed E-state index contributed by atoms with van der Waals surface area (Å²) in [6.07, 6.45) is 1.13. The Hall–Kier alpha value is -1.86. The number of anilines is 2. The van der Waals surface area contributed by atoms with Crippen LogP contribution in [-0.4, -0.2) is 27.6 Å². The summed E-state index contributed by atoms with van der Waals surface area (Å²) < 4.78 is 25.5. The molecule has 0 atom stereocenters. The van der Waals surface area contributed by atoms with Gasteiger partial charge < -0.3 is 5.32 Å². The van der Waals surface area contributed by atoms with E-state index in [0.29, 0.717) is 16.9 Å². The van der Waals surface area contributed by atoms with Crippen LogP contribution in [0.25, 0.3) is 0 Å². The van der Waals surface area contributed by atoms with Gasteiger partial charge in [-0.25, -0.2) is 8.42 Å². The zero-order valence-corrected chi connectivity index (χ0v) is 15.4. The van der Waals surface area contributed by atoms with Crippen molar-refractivity contribution in [3.8, 4) is 0 Å². The highest BCUT2D eigenvalue weighted by atomic mass is 79.9. The minimum Gasteiger partial charge on any atom is -0.322 e. The second kappa shape index (κ2) is 6.72. The molecule has 5 nitrogen and oxygen atoms in total. The number of hydrogen-bond donors (Lipinski definition) is 1. The molecule has 7 heteroatoms. The second-order valence-electron chi connectivity index (χ2n) is 5.20. The summed E-state index contributed by atoms with van der Waals surface area (Å²) in [7, 11) is -1.92. The highest BCUT2D eigenvalue weighted by Gasteiger charge is 2.16. The number of nitrogens with zero attached hydrogens (tertiary/aromatic N) is 1. The van der Waals surface area contributed by atoms with E-state index in [1.54, 1.807) is 37.3 Å². The topological polar surface area (TPSA) is 66.5 Å². The minimum atomic E-state index is -3.39. The molecule has 0 heterocycles. The van der Waals surface area contributed by atoms with Gasteiger partial charge in [0.05, 0.1) is 11.9 Å². The Morgan fingerprint density at radius 1 is 1.17 bits per heavy atom. The summed E-state index contributed by atoms with van der Waals surface area (Å²) in [5, 5.41) is 2.79. The van der Waals surface area contributed by atoms with E-state index in [0.717, 1.165) is 20.6 Å². The molecule has 0 aliphatic rings. The highest BCUT2D eigenvalue weighted by molar-refractivity contribution is 9.10. The number of nitrogens with one attached hydrogen (secondary N) is 1. The van der Waals surface area contributed by atoms with E-state index < -0.39 is 10.0 Å². The van der Waals surface area contributed by atoms with Crippen molar-refractivity contribution in [3.05, 3.63) is 58.1 Å². The molecular formula is C16H17BrN2O3S. The van der Waals surface area contributed by atoms with Crippen LogP contribution in [0.5, 0.6) is 0 Å². The molecule has 0 unspecified atom stereocenters. The fraction of sp³-hybridized carbons (Fsp3) is 0.188. The van der Waals surface area contributed by atoms with Crippen molar-refractivity contribution >= 4 is 43.2 Å². The van der Waals surface area contributed by atoms with Gasteiger partial charge in [-0.3, -0.25) is 9.10 Å². The van der Waals surface area contributed by atoms with Gasteiger partial charge >= 0.3 is 0 Å². The van der Waals surface area contributed by atoms with E-state index >= 15 is 0 Å². The van der Waals surface area contributed by atoms with Crippen molar-refractivity contribution in [1.29, 1.82) is 0 Å². The van der Waals surface area contributed by atoms with Crippen LogP contribution in [0.4, 0.5) is 11.4 Å². The van der Waals surface area contributed by atoms with Crippen molar-refractivity contribution in [2.24, 2.45) is 0 Å². The molecule has 0 radical (unpaired) electrons. The van der Waals surface area contributed by atoms with Crippen LogP contribution in [0.3, 0.4) is 0 Å². The molecule has 2 rings (SSSR count). The average Bonchev–Trinajstić information content (AvgIpc) is 2.46. The number of aryl methyl sites for hydroxylation is 1. The quantitative estimate of drug-likeness (QED) is 0.860. The third-order valence-electron chi connectivity index (χ3n) is 3.39. The summed E-state index contributed by atoms with van der Waals surface area (Å²) in [6, 6.07) is 12.2. The average molecular weight is 397 g/mol. The first kappa shape index (κ1) is 17.5. The van der Waals surface area contributed by atoms with Gasteiger partial charge in [-0.05, 0) is 42.8 Å². The Labute approximate surface area is 144 Å². The van der Waals surface area contributed by atoms with Gasteiger partial charge in [-0.1, -0.05) is 28.1 Å². The van der Waals surface area contributed by atoms with Crippen LogP contribution in [-0.2, 0) is 10.0 Å². The lowest BCUT2D eigenvalue weighted by Gasteiger charge is -2.19. The lowest BCUT2D eigenvalue weighted by atomic mass is 10.1. The predicted octanol–water partition coefficient (Wildman–Crippen LogP) is 3.41. The second-order valence-corrected chi connectivity index (χ2v) is 8.13. The molecule has 0 aromatic heterocycles. The van der Waals surface area contributed by atoms with Crippen molar-refractivity contribution in [2.45, 2.75) is 6.92 Å². The molecule has 0 aliphatic carbocycles. The smallest absolute Gasteiger partial charge is 0.255 e. The summed E-state index contributed by atoms with van der Waals surface area (Å²) in [5.41, 5.74) is 2.30. The third kappa shape index (κ3) is 4.33. The van der Waals surface area contributed by atoms with E-state index in [9.17, 15) is 13.2 Å². The zero-order valence-electron chi connectivity index (χ0n) is 13.0. The van der Waals surface area contributed by atoms with Crippen molar-refractivity contribution in [3.63, 3.8) is 0 Å². The summed E-state index contributed by atoms with van der Waals surface area (Å²) in [4.78, 5) is 12.4. The van der Waals surface area contributed by atoms with Gasteiger partial charge in [0.25, 0.3) is 5.91 Å². The van der Waals surface area contributed by atoms with Gasteiger partial charge in [-0.2, -0.15) is 0 Å². The monoisotopic (exact) mass is 396 g/mol. The summed E-state index contributed by atoms with van der Waals surface area (Å²) in [5.74, 6) is -0.300. The Morgan fingerprint density at radius 2 is 1.87 bits per heavy atom. The molecule has 0 saturated carbocycles. The predicted molar refractivity (Wildman–Crippen MR) is 96.5 cm³/mol. The molecule has 2 aromatic rings. The first-order chi connectivity index (χ1) is 10.7. The molecule has 0 spiro atoms. The van der Waals surface area contributed by atoms with Crippen LogP contribution in [0.1, 0.15) is 15.9 Å². The zero-order chi connectivity index (χ0) is 17.2. The van der Waals surface area contributed by atoms with Gasteiger partial charge in [0.1, 0.15) is 0 Å².